The van der Waals surface area contributed by atoms with Gasteiger partial charge in [-0.2, -0.15) is 0 Å². The van der Waals surface area contributed by atoms with Crippen LogP contribution in [-0.2, 0) is 13.5 Å². The molecule has 0 saturated heterocycles. The van der Waals surface area contributed by atoms with Gasteiger partial charge in [-0.15, -0.1) is 0 Å². The third kappa shape index (κ3) is 2.45. The second-order valence-corrected chi connectivity index (χ2v) is 4.13. The van der Waals surface area contributed by atoms with E-state index in [1.807, 2.05) is 30.1 Å². The number of carbonyl (C=O) groups excluding carboxylic acids is 1. The zero-order valence-corrected chi connectivity index (χ0v) is 9.88. The molecular formula is C12H15N3O2. The number of aryl methyl sites for hydroxylation is 2. The molecule has 0 amide bonds. The van der Waals surface area contributed by atoms with Crippen LogP contribution in [0.2, 0.25) is 0 Å². The van der Waals surface area contributed by atoms with E-state index < -0.39 is 6.04 Å². The number of hydrogen-bond acceptors (Lipinski definition) is 4. The zero-order chi connectivity index (χ0) is 12.4. The van der Waals surface area contributed by atoms with Crippen LogP contribution in [0.1, 0.15) is 21.8 Å². The van der Waals surface area contributed by atoms with Crippen LogP contribution in [-0.4, -0.2) is 21.4 Å². The van der Waals surface area contributed by atoms with E-state index in [1.165, 1.54) is 6.39 Å². The van der Waals surface area contributed by atoms with E-state index in [4.69, 9.17) is 10.2 Å². The van der Waals surface area contributed by atoms with Gasteiger partial charge in [0.2, 0.25) is 5.78 Å². The zero-order valence-electron chi connectivity index (χ0n) is 9.88. The molecule has 2 heterocycles. The molecule has 0 saturated carbocycles. The van der Waals surface area contributed by atoms with Crippen molar-refractivity contribution in [3.63, 3.8) is 0 Å². The predicted molar refractivity (Wildman–Crippen MR) is 62.7 cm³/mol. The SMILES string of the molecule is Cc1ncoc1C(=O)C(N)Cc1ccn(C)c1. The van der Waals surface area contributed by atoms with Crippen LogP contribution < -0.4 is 5.73 Å². The third-order valence-corrected chi connectivity index (χ3v) is 2.65. The Balaban J connectivity index is 2.08. The van der Waals surface area contributed by atoms with Crippen molar-refractivity contribution >= 4 is 5.78 Å². The number of carbonyl (C=O) groups is 1. The first kappa shape index (κ1) is 11.6. The van der Waals surface area contributed by atoms with Gasteiger partial charge in [0.25, 0.3) is 0 Å². The molecule has 17 heavy (non-hydrogen) atoms. The minimum Gasteiger partial charge on any atom is -0.440 e. The van der Waals surface area contributed by atoms with Gasteiger partial charge in [0.05, 0.1) is 11.7 Å². The number of nitrogens with zero attached hydrogens (tertiary/aromatic N) is 2. The van der Waals surface area contributed by atoms with Crippen LogP contribution in [0.25, 0.3) is 0 Å². The maximum Gasteiger partial charge on any atom is 0.216 e. The van der Waals surface area contributed by atoms with Crippen LogP contribution in [0.4, 0.5) is 0 Å². The molecule has 0 aliphatic heterocycles. The van der Waals surface area contributed by atoms with Crippen LogP contribution in [0.5, 0.6) is 0 Å². The van der Waals surface area contributed by atoms with Crippen LogP contribution in [0, 0.1) is 6.92 Å². The molecule has 0 bridgehead atoms. The molecule has 2 N–H and O–H groups in total. The number of Topliss-reactive ketones (excluding diaryl/α,β-unsaturated/α-hetero) is 1. The molecule has 2 rings (SSSR count). The Labute approximate surface area is 99.2 Å². The molecule has 5 heteroatoms. The van der Waals surface area contributed by atoms with Crippen molar-refractivity contribution in [2.45, 2.75) is 19.4 Å². The van der Waals surface area contributed by atoms with Crippen molar-refractivity contribution < 1.29 is 9.21 Å². The molecule has 2 aromatic heterocycles. The summed E-state index contributed by atoms with van der Waals surface area (Å²) < 4.78 is 6.97. The second kappa shape index (κ2) is 4.55. The van der Waals surface area contributed by atoms with Gasteiger partial charge in [0.15, 0.2) is 12.2 Å². The van der Waals surface area contributed by atoms with E-state index in [0.717, 1.165) is 5.56 Å². The quantitative estimate of drug-likeness (QED) is 0.802. The molecule has 0 aliphatic rings. The molecule has 90 valence electrons. The predicted octanol–water partition coefficient (Wildman–Crippen LogP) is 1.07. The largest absolute Gasteiger partial charge is 0.440 e. The van der Waals surface area contributed by atoms with E-state index in [-0.39, 0.29) is 11.5 Å². The van der Waals surface area contributed by atoms with E-state index in [0.29, 0.717) is 12.1 Å². The average molecular weight is 233 g/mol. The first-order chi connectivity index (χ1) is 8.08. The van der Waals surface area contributed by atoms with Gasteiger partial charge in [-0.3, -0.25) is 4.79 Å². The number of nitrogens with two attached hydrogens (primary N) is 1. The molecule has 0 aromatic carbocycles. The summed E-state index contributed by atoms with van der Waals surface area (Å²) in [6.45, 7) is 1.73. The summed E-state index contributed by atoms with van der Waals surface area (Å²) in [6, 6.07) is 1.35. The second-order valence-electron chi connectivity index (χ2n) is 4.13. The van der Waals surface area contributed by atoms with Gasteiger partial charge in [0, 0.05) is 19.4 Å². The van der Waals surface area contributed by atoms with Gasteiger partial charge in [-0.25, -0.2) is 4.98 Å². The first-order valence-corrected chi connectivity index (χ1v) is 5.38. The number of oxazole rings is 1. The minimum atomic E-state index is -0.593. The first-order valence-electron chi connectivity index (χ1n) is 5.38. The van der Waals surface area contributed by atoms with Crippen molar-refractivity contribution in [3.8, 4) is 0 Å². The maximum atomic E-state index is 12.0. The van der Waals surface area contributed by atoms with E-state index in [2.05, 4.69) is 4.98 Å². The lowest BCUT2D eigenvalue weighted by Crippen LogP contribution is -2.32. The molecule has 0 radical (unpaired) electrons. The Kier molecular flexibility index (Phi) is 3.10. The van der Waals surface area contributed by atoms with E-state index in [1.54, 1.807) is 6.92 Å². The van der Waals surface area contributed by atoms with Crippen molar-refractivity contribution in [1.29, 1.82) is 0 Å². The summed E-state index contributed by atoms with van der Waals surface area (Å²) in [4.78, 5) is 15.9. The highest BCUT2D eigenvalue weighted by Gasteiger charge is 2.21. The van der Waals surface area contributed by atoms with Crippen molar-refractivity contribution in [2.75, 3.05) is 0 Å². The minimum absolute atomic E-state index is 0.205. The molecule has 1 atom stereocenters. The van der Waals surface area contributed by atoms with Crippen LogP contribution in [0.15, 0.2) is 29.3 Å². The van der Waals surface area contributed by atoms with Crippen LogP contribution >= 0.6 is 0 Å². The van der Waals surface area contributed by atoms with E-state index in [9.17, 15) is 4.79 Å². The highest BCUT2D eigenvalue weighted by atomic mass is 16.3. The fourth-order valence-electron chi connectivity index (χ4n) is 1.74. The van der Waals surface area contributed by atoms with Crippen LogP contribution in [0.3, 0.4) is 0 Å². The number of rotatable bonds is 4. The topological polar surface area (TPSA) is 74.1 Å². The molecule has 0 aliphatic carbocycles. The highest BCUT2D eigenvalue weighted by molar-refractivity contribution is 5.98. The summed E-state index contributed by atoms with van der Waals surface area (Å²) in [6.07, 6.45) is 5.63. The van der Waals surface area contributed by atoms with E-state index >= 15 is 0 Å². The summed E-state index contributed by atoms with van der Waals surface area (Å²) in [5.74, 6) is 0.0530. The van der Waals surface area contributed by atoms with Gasteiger partial charge in [-0.05, 0) is 25.0 Å². The Morgan fingerprint density at radius 3 is 2.94 bits per heavy atom. The Bertz CT molecular complexity index is 527. The third-order valence-electron chi connectivity index (χ3n) is 2.65. The van der Waals surface area contributed by atoms with Crippen molar-refractivity contribution in [1.82, 2.24) is 9.55 Å². The number of aromatic nitrogens is 2. The fraction of sp³-hybridized carbons (Fsp3) is 0.333. The fourth-order valence-corrected chi connectivity index (χ4v) is 1.74. The molecule has 1 unspecified atom stereocenters. The molecule has 5 nitrogen and oxygen atoms in total. The number of hydrogen-bond donors (Lipinski definition) is 1. The maximum absolute atomic E-state index is 12.0. The average Bonchev–Trinajstić information content (AvgIpc) is 2.86. The lowest BCUT2D eigenvalue weighted by atomic mass is 10.0. The lowest BCUT2D eigenvalue weighted by molar-refractivity contribution is 0.0932. The molecule has 2 aromatic rings. The molecular weight excluding hydrogens is 218 g/mol. The van der Waals surface area contributed by atoms with Gasteiger partial charge in [0.1, 0.15) is 0 Å². The number of ketones is 1. The monoisotopic (exact) mass is 233 g/mol. The molecule has 0 spiro atoms. The van der Waals surface area contributed by atoms with Crippen molar-refractivity contribution in [2.24, 2.45) is 12.8 Å². The van der Waals surface area contributed by atoms with Crippen molar-refractivity contribution in [3.05, 3.63) is 41.9 Å². The summed E-state index contributed by atoms with van der Waals surface area (Å²) in [5.41, 5.74) is 7.49. The molecule has 0 fully saturated rings. The van der Waals surface area contributed by atoms with Gasteiger partial charge >= 0.3 is 0 Å². The lowest BCUT2D eigenvalue weighted by Gasteiger charge is -2.07. The summed E-state index contributed by atoms with van der Waals surface area (Å²) >= 11 is 0. The summed E-state index contributed by atoms with van der Waals surface area (Å²) in [7, 11) is 1.93. The standard InChI is InChI=1S/C12H15N3O2/c1-8-12(17-7-14-8)11(16)10(13)5-9-3-4-15(2)6-9/h3-4,6-7,10H,5,13H2,1-2H3. The van der Waals surface area contributed by atoms with Gasteiger partial charge < -0.3 is 14.7 Å². The Morgan fingerprint density at radius 2 is 2.41 bits per heavy atom. The Hall–Kier alpha value is -1.88. The summed E-state index contributed by atoms with van der Waals surface area (Å²) in [5, 5.41) is 0. The Morgan fingerprint density at radius 1 is 1.65 bits per heavy atom. The smallest absolute Gasteiger partial charge is 0.216 e. The highest BCUT2D eigenvalue weighted by Crippen LogP contribution is 2.11. The normalized spacial score (nSPS) is 12.6. The van der Waals surface area contributed by atoms with Gasteiger partial charge in [-0.1, -0.05) is 0 Å².